The Kier molecular flexibility index (Phi) is 20.3. The molecule has 0 amide bonds. The predicted octanol–water partition coefficient (Wildman–Crippen LogP) is 9.51. The van der Waals surface area contributed by atoms with Crippen molar-refractivity contribution in [2.75, 3.05) is 27.0 Å². The van der Waals surface area contributed by atoms with E-state index in [1.165, 1.54) is 5.56 Å². The molecule has 0 unspecified atom stereocenters. The molecule has 0 radical (unpaired) electrons. The van der Waals surface area contributed by atoms with Crippen LogP contribution < -0.4 is 28.4 Å². The van der Waals surface area contributed by atoms with E-state index in [0.29, 0.717) is 24.5 Å². The molecule has 0 atom stereocenters. The first-order chi connectivity index (χ1) is 29.0. The van der Waals surface area contributed by atoms with Crippen molar-refractivity contribution in [1.29, 1.82) is 0 Å². The number of carbonyl (C=O) groups excluding carboxylic acids is 2. The maximum Gasteiger partial charge on any atom is 0.434 e. The molecule has 9 nitrogen and oxygen atoms in total. The summed E-state index contributed by atoms with van der Waals surface area (Å²) in [4.78, 5) is 35.3. The van der Waals surface area contributed by atoms with Gasteiger partial charge in [0, 0.05) is 28.8 Å². The van der Waals surface area contributed by atoms with Gasteiger partial charge in [-0.05, 0) is 43.3 Å². The van der Waals surface area contributed by atoms with Gasteiger partial charge >= 0.3 is 61.5 Å². The summed E-state index contributed by atoms with van der Waals surface area (Å²) in [7, 11) is 16.4. The maximum atomic E-state index is 13.0. The topological polar surface area (TPSA) is 104 Å². The molecular weight excluding hydrogens is 1050 g/mol. The van der Waals surface area contributed by atoms with Crippen molar-refractivity contribution in [1.82, 2.24) is 19.9 Å². The van der Waals surface area contributed by atoms with E-state index < -0.39 is 107 Å². The second-order valence-corrected chi connectivity index (χ2v) is 16.6. The summed E-state index contributed by atoms with van der Waals surface area (Å²) in [5.41, 5.74) is -5.28. The van der Waals surface area contributed by atoms with Crippen molar-refractivity contribution < 1.29 is 95.2 Å². The van der Waals surface area contributed by atoms with Crippen LogP contribution in [0.4, 0.5) is 52.7 Å². The van der Waals surface area contributed by atoms with Crippen LogP contribution in [0.5, 0.6) is 23.3 Å². The second-order valence-electron chi connectivity index (χ2n) is 13.1. The third kappa shape index (κ3) is 19.0. The number of ketones is 2. The standard InChI is InChI=1S/C14H7ClF6N2O2.C14H8F6N2O2.C10H16N.Cl2I/c15-5-9(24)8-2-4-11(23-12(8)14(19,20)21)25-7-1-3-10(22-6-7)13(16,17)18;1-7(23)9-3-5-11(22-12(9)14(18,19)20)24-8-2-4-10(21-6-8)13(15,16)17;1-11(2,3)9-10-7-5-4-6-8-10;1-3-2/h1-4,6H,5H2;2-6H,1H3;4-8H,9H2,1-3H3;/q;;+1;-1. The number of hydrogen-bond acceptors (Lipinski definition) is 8. The smallest absolute Gasteiger partial charge is 0.434 e. The Labute approximate surface area is 373 Å². The Morgan fingerprint density at radius 3 is 1.32 bits per heavy atom. The first kappa shape index (κ1) is 54.6. The van der Waals surface area contributed by atoms with Crippen molar-refractivity contribution in [3.63, 3.8) is 0 Å². The summed E-state index contributed by atoms with van der Waals surface area (Å²) >= 11 is 4.79. The van der Waals surface area contributed by atoms with Gasteiger partial charge in [0.2, 0.25) is 11.8 Å². The Morgan fingerprint density at radius 2 is 1.00 bits per heavy atom. The third-order valence-corrected chi connectivity index (χ3v) is 7.32. The van der Waals surface area contributed by atoms with Gasteiger partial charge in [-0.25, -0.2) is 19.9 Å². The Morgan fingerprint density at radius 1 is 0.603 bits per heavy atom. The van der Waals surface area contributed by atoms with E-state index in [1.807, 2.05) is 0 Å². The molecule has 0 aliphatic rings. The number of hydrogen-bond donors (Lipinski definition) is 0. The van der Waals surface area contributed by atoms with E-state index in [4.69, 9.17) is 38.9 Å². The van der Waals surface area contributed by atoms with E-state index in [2.05, 4.69) is 71.4 Å². The van der Waals surface area contributed by atoms with Crippen molar-refractivity contribution in [2.45, 2.75) is 38.2 Å². The molecule has 0 aliphatic carbocycles. The van der Waals surface area contributed by atoms with Gasteiger partial charge in [0.15, 0.2) is 23.0 Å². The molecule has 1 aromatic carbocycles. The van der Waals surface area contributed by atoms with Gasteiger partial charge in [-0.1, -0.05) is 30.3 Å². The number of alkyl halides is 13. The normalized spacial score (nSPS) is 11.8. The van der Waals surface area contributed by atoms with E-state index in [-0.39, 0.29) is 11.5 Å². The number of quaternary nitrogens is 1. The van der Waals surface area contributed by atoms with Crippen LogP contribution in [0.25, 0.3) is 0 Å². The van der Waals surface area contributed by atoms with Crippen molar-refractivity contribution in [3.8, 4) is 23.3 Å². The molecule has 4 aromatic heterocycles. The largest absolute Gasteiger partial charge is 0.437 e. The van der Waals surface area contributed by atoms with Crippen LogP contribution in [0.1, 0.15) is 56.0 Å². The van der Waals surface area contributed by atoms with Gasteiger partial charge in [0.05, 0.1) is 39.4 Å². The van der Waals surface area contributed by atoms with Crippen molar-refractivity contribution >= 4 is 41.0 Å². The van der Waals surface area contributed by atoms with Crippen LogP contribution in [-0.2, 0) is 31.2 Å². The van der Waals surface area contributed by atoms with Crippen LogP contribution >= 0.6 is 29.4 Å². The fourth-order valence-corrected chi connectivity index (χ4v) is 4.74. The third-order valence-electron chi connectivity index (χ3n) is 7.08. The van der Waals surface area contributed by atoms with Crippen LogP contribution in [0.3, 0.4) is 0 Å². The second kappa shape index (κ2) is 23.4. The van der Waals surface area contributed by atoms with E-state index >= 15 is 0 Å². The predicted molar refractivity (Wildman–Crippen MR) is 202 cm³/mol. The molecule has 0 fully saturated rings. The van der Waals surface area contributed by atoms with Gasteiger partial charge in [0.25, 0.3) is 0 Å². The van der Waals surface area contributed by atoms with Crippen molar-refractivity contribution in [3.05, 3.63) is 131 Å². The van der Waals surface area contributed by atoms with Gasteiger partial charge < -0.3 is 14.0 Å². The summed E-state index contributed by atoms with van der Waals surface area (Å²) in [6, 6.07) is 17.2. The molecule has 0 aliphatic heterocycles. The Bertz CT molecular complexity index is 2240. The molecule has 0 saturated carbocycles. The van der Waals surface area contributed by atoms with E-state index in [1.54, 1.807) is 0 Å². The first-order valence-electron chi connectivity index (χ1n) is 16.9. The molecule has 25 heteroatoms. The van der Waals surface area contributed by atoms with E-state index in [0.717, 1.165) is 54.3 Å². The molecule has 0 saturated heterocycles. The van der Waals surface area contributed by atoms with Crippen LogP contribution in [0.15, 0.2) is 91.3 Å². The number of pyridine rings is 4. The summed E-state index contributed by atoms with van der Waals surface area (Å²) in [6.45, 7) is 2.05. The zero-order valence-corrected chi connectivity index (χ0v) is 36.9. The van der Waals surface area contributed by atoms with Gasteiger partial charge in [0.1, 0.15) is 29.4 Å². The van der Waals surface area contributed by atoms with E-state index in [9.17, 15) is 62.3 Å². The molecular formula is C38H31Cl3F12IN5O4. The summed E-state index contributed by atoms with van der Waals surface area (Å²) in [5.74, 6) is -4.09. The monoisotopic (exact) mass is 1080 g/mol. The molecule has 5 rings (SSSR count). The molecule has 4 heterocycles. The summed E-state index contributed by atoms with van der Waals surface area (Å²) in [5, 5.41) is 0. The number of benzene rings is 1. The van der Waals surface area contributed by atoms with Crippen LogP contribution in [0.2, 0.25) is 0 Å². The summed E-state index contributed by atoms with van der Waals surface area (Å²) in [6.07, 6.45) is -17.8. The number of rotatable bonds is 9. The van der Waals surface area contributed by atoms with Crippen LogP contribution in [-0.4, -0.2) is 63.0 Å². The average molecular weight is 1080 g/mol. The molecule has 5 aromatic rings. The maximum absolute atomic E-state index is 13.0. The SMILES string of the molecule is CC(=O)c1ccc(Oc2ccc(C(F)(F)F)nc2)nc1C(F)(F)F.C[N+](C)(C)Cc1ccccc1.Cl[I-]Cl.O=C(CCl)c1ccc(Oc2ccc(C(F)(F)F)nc2)nc1C(F)(F)F. The van der Waals surface area contributed by atoms with Gasteiger partial charge in [-0.2, -0.15) is 52.7 Å². The molecule has 344 valence electrons. The number of nitrogens with zero attached hydrogens (tertiary/aromatic N) is 5. The minimum atomic E-state index is -4.95. The van der Waals surface area contributed by atoms with Crippen molar-refractivity contribution in [2.24, 2.45) is 0 Å². The van der Waals surface area contributed by atoms with Gasteiger partial charge in [-0.3, -0.25) is 9.59 Å². The fraction of sp³-hybridized carbons (Fsp3) is 0.263. The van der Waals surface area contributed by atoms with Crippen LogP contribution in [0, 0.1) is 0 Å². The number of halogens is 16. The Hall–Kier alpha value is -4.52. The molecule has 0 spiro atoms. The minimum absolute atomic E-state index is 0.237. The number of Topliss-reactive ketones (excluding diaryl/α,β-unsaturated/α-hetero) is 2. The fourth-order valence-electron chi connectivity index (χ4n) is 4.60. The molecule has 0 bridgehead atoms. The number of carbonyl (C=O) groups is 2. The summed E-state index contributed by atoms with van der Waals surface area (Å²) < 4.78 is 163. The quantitative estimate of drug-likeness (QED) is 0.0473. The number of ether oxygens (including phenoxy) is 2. The average Bonchev–Trinajstić information content (AvgIpc) is 3.17. The molecule has 63 heavy (non-hydrogen) atoms. The zero-order chi connectivity index (χ0) is 48.0. The minimum Gasteiger partial charge on any atom is -0.437 e. The Balaban J connectivity index is 0.000000335. The zero-order valence-electron chi connectivity index (χ0n) is 32.5. The van der Waals surface area contributed by atoms with Gasteiger partial charge in [-0.15, -0.1) is 11.6 Å². The first-order valence-corrected chi connectivity index (χ1v) is 22.9. The molecule has 0 N–H and O–H groups in total. The number of aromatic nitrogens is 4.